The molecule has 1 N–H and O–H groups in total. The topological polar surface area (TPSA) is 38.3 Å². The maximum absolute atomic E-state index is 11.8. The van der Waals surface area contributed by atoms with Gasteiger partial charge in [0.15, 0.2) is 0 Å². The molecule has 2 aromatic rings. The number of halogens is 1. The van der Waals surface area contributed by atoms with Crippen molar-refractivity contribution >= 4 is 35.0 Å². The van der Waals surface area contributed by atoms with E-state index in [2.05, 4.69) is 5.32 Å². The van der Waals surface area contributed by atoms with Crippen LogP contribution in [0.3, 0.4) is 0 Å². The standard InChI is InChI=1S/C17H18ClNO2S/c1-13-7-8-14(11-16(13)18)19-17(20)12-22-10-9-21-15-5-3-2-4-6-15/h2-8,11H,9-10,12H2,1H3,(H,19,20). The van der Waals surface area contributed by atoms with Gasteiger partial charge in [-0.1, -0.05) is 35.9 Å². The highest BCUT2D eigenvalue weighted by molar-refractivity contribution is 7.99. The van der Waals surface area contributed by atoms with Gasteiger partial charge in [0.1, 0.15) is 5.75 Å². The molecule has 0 bridgehead atoms. The Morgan fingerprint density at radius 1 is 1.23 bits per heavy atom. The normalized spacial score (nSPS) is 10.3. The molecule has 5 heteroatoms. The lowest BCUT2D eigenvalue weighted by atomic mass is 10.2. The van der Waals surface area contributed by atoms with Crippen molar-refractivity contribution in [3.05, 3.63) is 59.1 Å². The number of nitrogens with one attached hydrogen (secondary N) is 1. The smallest absolute Gasteiger partial charge is 0.234 e. The van der Waals surface area contributed by atoms with Crippen molar-refractivity contribution in [3.63, 3.8) is 0 Å². The summed E-state index contributed by atoms with van der Waals surface area (Å²) in [6, 6.07) is 15.1. The van der Waals surface area contributed by atoms with Crippen molar-refractivity contribution in [3.8, 4) is 5.75 Å². The van der Waals surface area contributed by atoms with Crippen LogP contribution in [0.5, 0.6) is 5.75 Å². The molecular weight excluding hydrogens is 318 g/mol. The Hall–Kier alpha value is -1.65. The molecular formula is C17H18ClNO2S. The minimum Gasteiger partial charge on any atom is -0.493 e. The van der Waals surface area contributed by atoms with E-state index in [4.69, 9.17) is 16.3 Å². The Kier molecular flexibility index (Phi) is 6.62. The largest absolute Gasteiger partial charge is 0.493 e. The van der Waals surface area contributed by atoms with Crippen molar-refractivity contribution in [2.24, 2.45) is 0 Å². The molecule has 0 aromatic heterocycles. The van der Waals surface area contributed by atoms with Crippen LogP contribution in [-0.2, 0) is 4.79 Å². The van der Waals surface area contributed by atoms with Gasteiger partial charge >= 0.3 is 0 Å². The zero-order valence-corrected chi connectivity index (χ0v) is 13.9. The molecule has 0 saturated heterocycles. The summed E-state index contributed by atoms with van der Waals surface area (Å²) in [5.41, 5.74) is 1.72. The Morgan fingerprint density at radius 3 is 2.73 bits per heavy atom. The first-order chi connectivity index (χ1) is 10.6. The fraction of sp³-hybridized carbons (Fsp3) is 0.235. The van der Waals surface area contributed by atoms with Crippen LogP contribution in [0.15, 0.2) is 48.5 Å². The predicted molar refractivity (Wildman–Crippen MR) is 94.1 cm³/mol. The van der Waals surface area contributed by atoms with Crippen LogP contribution >= 0.6 is 23.4 Å². The first-order valence-corrected chi connectivity index (χ1v) is 8.50. The lowest BCUT2D eigenvalue weighted by Gasteiger charge is -2.07. The van der Waals surface area contributed by atoms with Gasteiger partial charge in [0.25, 0.3) is 0 Å². The molecule has 0 unspecified atom stereocenters. The fourth-order valence-corrected chi connectivity index (χ4v) is 2.55. The molecule has 2 aromatic carbocycles. The Bertz CT molecular complexity index is 619. The molecule has 0 saturated carbocycles. The van der Waals surface area contributed by atoms with E-state index in [1.54, 1.807) is 6.07 Å². The third kappa shape index (κ3) is 5.62. The van der Waals surface area contributed by atoms with Gasteiger partial charge in [-0.15, -0.1) is 11.8 Å². The third-order valence-corrected chi connectivity index (χ3v) is 4.26. The lowest BCUT2D eigenvalue weighted by molar-refractivity contribution is -0.113. The molecule has 0 fully saturated rings. The number of para-hydroxylation sites is 1. The number of rotatable bonds is 7. The van der Waals surface area contributed by atoms with Crippen molar-refractivity contribution in [1.29, 1.82) is 0 Å². The van der Waals surface area contributed by atoms with Gasteiger partial charge in [-0.05, 0) is 36.8 Å². The number of aryl methyl sites for hydroxylation is 1. The van der Waals surface area contributed by atoms with Gasteiger partial charge in [-0.3, -0.25) is 4.79 Å². The molecule has 1 amide bonds. The first kappa shape index (κ1) is 16.7. The molecule has 0 aliphatic heterocycles. The highest BCUT2D eigenvalue weighted by Gasteiger charge is 2.04. The Morgan fingerprint density at radius 2 is 2.00 bits per heavy atom. The van der Waals surface area contributed by atoms with Crippen LogP contribution in [0.4, 0.5) is 5.69 Å². The molecule has 0 heterocycles. The maximum atomic E-state index is 11.8. The van der Waals surface area contributed by atoms with Crippen LogP contribution in [0.1, 0.15) is 5.56 Å². The van der Waals surface area contributed by atoms with Gasteiger partial charge < -0.3 is 10.1 Å². The monoisotopic (exact) mass is 335 g/mol. The molecule has 2 rings (SSSR count). The number of carbonyl (C=O) groups is 1. The maximum Gasteiger partial charge on any atom is 0.234 e. The Labute approximate surface area is 140 Å². The van der Waals surface area contributed by atoms with E-state index >= 15 is 0 Å². The lowest BCUT2D eigenvalue weighted by Crippen LogP contribution is -2.15. The number of anilines is 1. The van der Waals surface area contributed by atoms with Crippen LogP contribution < -0.4 is 10.1 Å². The first-order valence-electron chi connectivity index (χ1n) is 6.97. The summed E-state index contributed by atoms with van der Waals surface area (Å²) in [5.74, 6) is 1.96. The number of hydrogen-bond donors (Lipinski definition) is 1. The third-order valence-electron chi connectivity index (χ3n) is 2.93. The van der Waals surface area contributed by atoms with E-state index in [0.29, 0.717) is 17.4 Å². The van der Waals surface area contributed by atoms with E-state index in [-0.39, 0.29) is 5.91 Å². The summed E-state index contributed by atoms with van der Waals surface area (Å²) in [6.45, 7) is 2.51. The van der Waals surface area contributed by atoms with E-state index in [0.717, 1.165) is 22.8 Å². The average Bonchev–Trinajstić information content (AvgIpc) is 2.52. The summed E-state index contributed by atoms with van der Waals surface area (Å²) in [5, 5.41) is 3.49. The van der Waals surface area contributed by atoms with Gasteiger partial charge in [-0.2, -0.15) is 0 Å². The number of amides is 1. The van der Waals surface area contributed by atoms with E-state index < -0.39 is 0 Å². The van der Waals surface area contributed by atoms with Crippen molar-refractivity contribution < 1.29 is 9.53 Å². The van der Waals surface area contributed by atoms with Gasteiger partial charge in [-0.25, -0.2) is 0 Å². The summed E-state index contributed by atoms with van der Waals surface area (Å²) in [6.07, 6.45) is 0. The second-order valence-electron chi connectivity index (χ2n) is 4.73. The van der Waals surface area contributed by atoms with Gasteiger partial charge in [0, 0.05) is 16.5 Å². The van der Waals surface area contributed by atoms with Gasteiger partial charge in [0.2, 0.25) is 5.91 Å². The second-order valence-corrected chi connectivity index (χ2v) is 6.24. The highest BCUT2D eigenvalue weighted by Crippen LogP contribution is 2.20. The molecule has 116 valence electrons. The van der Waals surface area contributed by atoms with E-state index in [1.165, 1.54) is 11.8 Å². The number of hydrogen-bond acceptors (Lipinski definition) is 3. The van der Waals surface area contributed by atoms with E-state index in [1.807, 2.05) is 49.4 Å². The molecule has 0 spiro atoms. The number of thioether (sulfide) groups is 1. The summed E-state index contributed by atoms with van der Waals surface area (Å²) < 4.78 is 5.56. The highest BCUT2D eigenvalue weighted by atomic mass is 35.5. The Balaban J connectivity index is 1.64. The second kappa shape index (κ2) is 8.71. The molecule has 0 atom stereocenters. The van der Waals surface area contributed by atoms with Crippen molar-refractivity contribution in [2.75, 3.05) is 23.4 Å². The van der Waals surface area contributed by atoms with Crippen LogP contribution in [-0.4, -0.2) is 24.0 Å². The summed E-state index contributed by atoms with van der Waals surface area (Å²) >= 11 is 7.57. The number of carbonyl (C=O) groups excluding carboxylic acids is 1. The fourth-order valence-electron chi connectivity index (χ4n) is 1.77. The number of ether oxygens (including phenoxy) is 1. The van der Waals surface area contributed by atoms with Gasteiger partial charge in [0.05, 0.1) is 12.4 Å². The molecule has 22 heavy (non-hydrogen) atoms. The molecule has 0 radical (unpaired) electrons. The minimum atomic E-state index is -0.0374. The zero-order valence-electron chi connectivity index (χ0n) is 12.3. The summed E-state index contributed by atoms with van der Waals surface area (Å²) in [4.78, 5) is 11.8. The van der Waals surface area contributed by atoms with Crippen LogP contribution in [0, 0.1) is 6.92 Å². The van der Waals surface area contributed by atoms with E-state index in [9.17, 15) is 4.79 Å². The SMILES string of the molecule is Cc1ccc(NC(=O)CSCCOc2ccccc2)cc1Cl. The molecule has 0 aliphatic rings. The van der Waals surface area contributed by atoms with Crippen LogP contribution in [0.2, 0.25) is 5.02 Å². The number of benzene rings is 2. The molecule has 0 aliphatic carbocycles. The molecule has 3 nitrogen and oxygen atoms in total. The van der Waals surface area contributed by atoms with Crippen molar-refractivity contribution in [2.45, 2.75) is 6.92 Å². The quantitative estimate of drug-likeness (QED) is 0.762. The summed E-state index contributed by atoms with van der Waals surface area (Å²) in [7, 11) is 0. The minimum absolute atomic E-state index is 0.0374. The zero-order chi connectivity index (χ0) is 15.8. The predicted octanol–water partition coefficient (Wildman–Crippen LogP) is 4.40. The average molecular weight is 336 g/mol. The van der Waals surface area contributed by atoms with Crippen molar-refractivity contribution in [1.82, 2.24) is 0 Å². The van der Waals surface area contributed by atoms with Crippen LogP contribution in [0.25, 0.3) is 0 Å².